The van der Waals surface area contributed by atoms with Gasteiger partial charge in [0.25, 0.3) is 5.91 Å². The molecule has 1 aliphatic carbocycles. The van der Waals surface area contributed by atoms with Gasteiger partial charge in [-0.25, -0.2) is 9.07 Å². The SMILES string of the molecule is O=C(Cc1ccc(F)cc1)NCCNC(=O)c1cnn(-c2ccc(Cl)cc2Cl)c1C1CC1. The maximum atomic E-state index is 12.9. The molecule has 0 bridgehead atoms. The number of nitrogens with zero attached hydrogens (tertiary/aromatic N) is 2. The monoisotopic (exact) mass is 474 g/mol. The third kappa shape index (κ3) is 5.29. The molecule has 0 saturated heterocycles. The molecule has 166 valence electrons. The molecular formula is C23H21Cl2FN4O2. The largest absolute Gasteiger partial charge is 0.354 e. The quantitative estimate of drug-likeness (QED) is 0.478. The zero-order chi connectivity index (χ0) is 22.7. The van der Waals surface area contributed by atoms with Gasteiger partial charge >= 0.3 is 0 Å². The van der Waals surface area contributed by atoms with Crippen LogP contribution in [0.3, 0.4) is 0 Å². The fourth-order valence-electron chi connectivity index (χ4n) is 3.45. The lowest BCUT2D eigenvalue weighted by atomic mass is 10.1. The first kappa shape index (κ1) is 22.3. The molecule has 2 amide bonds. The Hall–Kier alpha value is -2.90. The standard InChI is InChI=1S/C23H21Cl2FN4O2/c24-16-5-8-20(19(25)12-16)30-22(15-3-4-15)18(13-29-30)23(32)28-10-9-27-21(31)11-14-1-6-17(26)7-2-14/h1-2,5-8,12-13,15H,3-4,9-11H2,(H,27,31)(H,28,32). The Morgan fingerprint density at radius 3 is 2.47 bits per heavy atom. The summed E-state index contributed by atoms with van der Waals surface area (Å²) in [4.78, 5) is 24.8. The maximum absolute atomic E-state index is 12.9. The zero-order valence-corrected chi connectivity index (χ0v) is 18.6. The number of hydrogen-bond donors (Lipinski definition) is 2. The Balaban J connectivity index is 1.35. The number of rotatable bonds is 8. The Bertz CT molecular complexity index is 1140. The van der Waals surface area contributed by atoms with E-state index < -0.39 is 0 Å². The second-order valence-corrected chi connectivity index (χ2v) is 8.48. The van der Waals surface area contributed by atoms with Crippen LogP contribution in [0.1, 0.15) is 40.4 Å². The fourth-order valence-corrected chi connectivity index (χ4v) is 3.94. The Kier molecular flexibility index (Phi) is 6.77. The van der Waals surface area contributed by atoms with E-state index in [9.17, 15) is 14.0 Å². The molecule has 0 spiro atoms. The number of hydrogen-bond acceptors (Lipinski definition) is 3. The van der Waals surface area contributed by atoms with Gasteiger partial charge in [0.05, 0.1) is 34.6 Å². The molecule has 1 aliphatic rings. The maximum Gasteiger partial charge on any atom is 0.254 e. The molecule has 32 heavy (non-hydrogen) atoms. The number of halogens is 3. The summed E-state index contributed by atoms with van der Waals surface area (Å²) in [6.07, 6.45) is 3.66. The molecular weight excluding hydrogens is 454 g/mol. The molecule has 1 saturated carbocycles. The molecule has 2 N–H and O–H groups in total. The van der Waals surface area contributed by atoms with Crippen molar-refractivity contribution in [1.82, 2.24) is 20.4 Å². The highest BCUT2D eigenvalue weighted by Gasteiger charge is 2.33. The third-order valence-corrected chi connectivity index (χ3v) is 5.70. The second-order valence-electron chi connectivity index (χ2n) is 7.63. The van der Waals surface area contributed by atoms with Gasteiger partial charge in [0.2, 0.25) is 5.91 Å². The van der Waals surface area contributed by atoms with Crippen molar-refractivity contribution in [1.29, 1.82) is 0 Å². The van der Waals surface area contributed by atoms with Gasteiger partial charge < -0.3 is 10.6 Å². The van der Waals surface area contributed by atoms with Crippen LogP contribution in [0, 0.1) is 5.82 Å². The van der Waals surface area contributed by atoms with E-state index in [1.165, 1.54) is 12.1 Å². The number of carbonyl (C=O) groups is 2. The Morgan fingerprint density at radius 2 is 1.78 bits per heavy atom. The van der Waals surface area contributed by atoms with E-state index in [1.807, 2.05) is 0 Å². The molecule has 1 heterocycles. The van der Waals surface area contributed by atoms with Crippen molar-refractivity contribution in [2.24, 2.45) is 0 Å². The van der Waals surface area contributed by atoms with Crippen molar-refractivity contribution in [2.75, 3.05) is 13.1 Å². The summed E-state index contributed by atoms with van der Waals surface area (Å²) in [5, 5.41) is 11.0. The summed E-state index contributed by atoms with van der Waals surface area (Å²) in [7, 11) is 0. The van der Waals surface area contributed by atoms with Gasteiger partial charge in [-0.2, -0.15) is 5.10 Å². The molecule has 6 nitrogen and oxygen atoms in total. The van der Waals surface area contributed by atoms with Crippen LogP contribution < -0.4 is 10.6 Å². The van der Waals surface area contributed by atoms with E-state index >= 15 is 0 Å². The molecule has 0 aliphatic heterocycles. The highest BCUT2D eigenvalue weighted by molar-refractivity contribution is 6.35. The van der Waals surface area contributed by atoms with Crippen LogP contribution in [0.5, 0.6) is 0 Å². The second kappa shape index (κ2) is 9.71. The lowest BCUT2D eigenvalue weighted by Crippen LogP contribution is -2.35. The van der Waals surface area contributed by atoms with Crippen LogP contribution in [0.25, 0.3) is 5.69 Å². The van der Waals surface area contributed by atoms with Gasteiger partial charge in [0.1, 0.15) is 5.82 Å². The lowest BCUT2D eigenvalue weighted by Gasteiger charge is -2.11. The van der Waals surface area contributed by atoms with Crippen LogP contribution in [0.4, 0.5) is 4.39 Å². The molecule has 4 rings (SSSR count). The lowest BCUT2D eigenvalue weighted by molar-refractivity contribution is -0.120. The minimum atomic E-state index is -0.343. The Labute approximate surface area is 194 Å². The summed E-state index contributed by atoms with van der Waals surface area (Å²) < 4.78 is 14.6. The van der Waals surface area contributed by atoms with Gasteiger partial charge in [0.15, 0.2) is 0 Å². The van der Waals surface area contributed by atoms with Crippen molar-refractivity contribution >= 4 is 35.0 Å². The van der Waals surface area contributed by atoms with E-state index in [4.69, 9.17) is 23.2 Å². The summed E-state index contributed by atoms with van der Waals surface area (Å²) in [5.41, 5.74) is 2.71. The minimum absolute atomic E-state index is 0.147. The summed E-state index contributed by atoms with van der Waals surface area (Å²) in [5.74, 6) is -0.546. The molecule has 1 aromatic heterocycles. The highest BCUT2D eigenvalue weighted by atomic mass is 35.5. The topological polar surface area (TPSA) is 76.0 Å². The average Bonchev–Trinajstić information content (AvgIpc) is 3.51. The predicted molar refractivity (Wildman–Crippen MR) is 121 cm³/mol. The van der Waals surface area contributed by atoms with Crippen LogP contribution in [0.15, 0.2) is 48.7 Å². The molecule has 0 unspecified atom stereocenters. The van der Waals surface area contributed by atoms with Gasteiger partial charge in [-0.3, -0.25) is 9.59 Å². The number of carbonyl (C=O) groups excluding carboxylic acids is 2. The number of benzene rings is 2. The van der Waals surface area contributed by atoms with Crippen molar-refractivity contribution in [3.05, 3.63) is 81.3 Å². The number of nitrogens with one attached hydrogen (secondary N) is 2. The van der Waals surface area contributed by atoms with E-state index in [0.717, 1.165) is 24.1 Å². The summed E-state index contributed by atoms with van der Waals surface area (Å²) in [6.45, 7) is 0.548. The molecule has 3 aromatic rings. The van der Waals surface area contributed by atoms with Gasteiger partial charge in [-0.1, -0.05) is 35.3 Å². The fraction of sp³-hybridized carbons (Fsp3) is 0.261. The van der Waals surface area contributed by atoms with E-state index in [1.54, 1.807) is 41.2 Å². The molecule has 0 atom stereocenters. The summed E-state index contributed by atoms with van der Waals surface area (Å²) in [6, 6.07) is 10.9. The van der Waals surface area contributed by atoms with Crippen molar-refractivity contribution in [3.63, 3.8) is 0 Å². The van der Waals surface area contributed by atoms with E-state index in [-0.39, 0.29) is 43.1 Å². The average molecular weight is 475 g/mol. The summed E-state index contributed by atoms with van der Waals surface area (Å²) >= 11 is 12.3. The van der Waals surface area contributed by atoms with Crippen molar-refractivity contribution in [3.8, 4) is 5.69 Å². The first-order chi connectivity index (χ1) is 15.4. The van der Waals surface area contributed by atoms with Crippen molar-refractivity contribution in [2.45, 2.75) is 25.2 Å². The normalized spacial score (nSPS) is 13.1. The minimum Gasteiger partial charge on any atom is -0.354 e. The van der Waals surface area contributed by atoms with Crippen LogP contribution in [0.2, 0.25) is 10.0 Å². The zero-order valence-electron chi connectivity index (χ0n) is 17.1. The third-order valence-electron chi connectivity index (χ3n) is 5.16. The van der Waals surface area contributed by atoms with E-state index in [0.29, 0.717) is 21.3 Å². The molecule has 9 heteroatoms. The smallest absolute Gasteiger partial charge is 0.254 e. The van der Waals surface area contributed by atoms with Gasteiger partial charge in [-0.05, 0) is 48.7 Å². The van der Waals surface area contributed by atoms with Crippen molar-refractivity contribution < 1.29 is 14.0 Å². The predicted octanol–water partition coefficient (Wildman–Crippen LogP) is 4.28. The molecule has 0 radical (unpaired) electrons. The number of amides is 2. The highest BCUT2D eigenvalue weighted by Crippen LogP contribution is 2.43. The molecule has 2 aromatic carbocycles. The molecule has 1 fully saturated rings. The first-order valence-electron chi connectivity index (χ1n) is 10.2. The first-order valence-corrected chi connectivity index (χ1v) is 11.0. The van der Waals surface area contributed by atoms with E-state index in [2.05, 4.69) is 15.7 Å². The van der Waals surface area contributed by atoms with Crippen LogP contribution in [-0.4, -0.2) is 34.7 Å². The van der Waals surface area contributed by atoms with Gasteiger partial charge in [-0.15, -0.1) is 0 Å². The van der Waals surface area contributed by atoms with Crippen LogP contribution >= 0.6 is 23.2 Å². The van der Waals surface area contributed by atoms with Gasteiger partial charge in [0, 0.05) is 24.0 Å². The number of aromatic nitrogens is 2. The van der Waals surface area contributed by atoms with Crippen LogP contribution in [-0.2, 0) is 11.2 Å². The Morgan fingerprint density at radius 1 is 1.06 bits per heavy atom.